The first-order valence-corrected chi connectivity index (χ1v) is 4.60. The minimum absolute atomic E-state index is 0.152. The highest BCUT2D eigenvalue weighted by Crippen LogP contribution is 2.17. The summed E-state index contributed by atoms with van der Waals surface area (Å²) in [4.78, 5) is 1.31. The molecule has 0 bridgehead atoms. The molecule has 0 aromatic heterocycles. The number of hydrogen-bond donors (Lipinski definition) is 1. The summed E-state index contributed by atoms with van der Waals surface area (Å²) in [5.74, 6) is 0. The van der Waals surface area contributed by atoms with Crippen molar-refractivity contribution >= 4 is 6.98 Å². The zero-order valence-corrected chi connectivity index (χ0v) is 8.00. The molecule has 0 aromatic carbocycles. The summed E-state index contributed by atoms with van der Waals surface area (Å²) in [6, 6.07) is -0.235. The van der Waals surface area contributed by atoms with Gasteiger partial charge in [-0.15, -0.1) is 0 Å². The van der Waals surface area contributed by atoms with Gasteiger partial charge >= 0.3 is 6.98 Å². The molecule has 1 heterocycles. The SMILES string of the molecule is CC1COC(CO)CN1C[B-](F)(F)F. The van der Waals surface area contributed by atoms with Crippen LogP contribution in [0.15, 0.2) is 0 Å². The van der Waals surface area contributed by atoms with E-state index in [1.807, 2.05) is 0 Å². The summed E-state index contributed by atoms with van der Waals surface area (Å²) in [7, 11) is 0. The lowest BCUT2D eigenvalue weighted by Crippen LogP contribution is -2.53. The standard InChI is InChI=1S/C7H14BF3NO2/c1-6-4-14-7(3-13)2-12(6)5-8(9,10)11/h6-7,13H,2-5H2,1H3/q-1. The summed E-state index contributed by atoms with van der Waals surface area (Å²) >= 11 is 0. The van der Waals surface area contributed by atoms with Crippen molar-refractivity contribution in [2.24, 2.45) is 0 Å². The average Bonchev–Trinajstić information content (AvgIpc) is 2.06. The molecule has 2 atom stereocenters. The lowest BCUT2D eigenvalue weighted by atomic mass is 9.90. The summed E-state index contributed by atoms with van der Waals surface area (Å²) in [5.41, 5.74) is 0. The van der Waals surface area contributed by atoms with Crippen LogP contribution in [0.3, 0.4) is 0 Å². The molecule has 3 nitrogen and oxygen atoms in total. The molecule has 0 aliphatic carbocycles. The second-order valence-corrected chi connectivity index (χ2v) is 3.65. The molecule has 2 unspecified atom stereocenters. The van der Waals surface area contributed by atoms with Crippen LogP contribution < -0.4 is 0 Å². The fraction of sp³-hybridized carbons (Fsp3) is 1.00. The molecule has 14 heavy (non-hydrogen) atoms. The van der Waals surface area contributed by atoms with E-state index >= 15 is 0 Å². The fourth-order valence-electron chi connectivity index (χ4n) is 1.51. The van der Waals surface area contributed by atoms with E-state index in [2.05, 4.69) is 0 Å². The number of hydrogen-bond acceptors (Lipinski definition) is 3. The van der Waals surface area contributed by atoms with E-state index in [1.165, 1.54) is 4.90 Å². The van der Waals surface area contributed by atoms with Gasteiger partial charge in [0.2, 0.25) is 0 Å². The molecule has 0 saturated carbocycles. The van der Waals surface area contributed by atoms with Crippen molar-refractivity contribution in [3.8, 4) is 0 Å². The van der Waals surface area contributed by atoms with Gasteiger partial charge in [0.1, 0.15) is 0 Å². The van der Waals surface area contributed by atoms with E-state index in [-0.39, 0.29) is 25.8 Å². The molecule has 0 radical (unpaired) electrons. The second kappa shape index (κ2) is 4.50. The molecule has 1 rings (SSSR count). The number of nitrogens with zero attached hydrogens (tertiary/aromatic N) is 1. The van der Waals surface area contributed by atoms with E-state index < -0.39 is 19.5 Å². The van der Waals surface area contributed by atoms with Crippen molar-refractivity contribution in [3.05, 3.63) is 0 Å². The molecule has 84 valence electrons. The molecular formula is C7H14BF3NO2-. The van der Waals surface area contributed by atoms with E-state index in [0.717, 1.165) is 0 Å². The smallest absolute Gasteiger partial charge is 0.448 e. The van der Waals surface area contributed by atoms with Gasteiger partial charge in [-0.25, -0.2) is 0 Å². The third-order valence-corrected chi connectivity index (χ3v) is 2.28. The molecule has 1 aliphatic heterocycles. The minimum atomic E-state index is -4.80. The number of rotatable bonds is 3. The Labute approximate surface area is 80.9 Å². The van der Waals surface area contributed by atoms with Gasteiger partial charge < -0.3 is 27.7 Å². The van der Waals surface area contributed by atoms with Gasteiger partial charge in [-0.1, -0.05) is 0 Å². The van der Waals surface area contributed by atoms with E-state index in [4.69, 9.17) is 9.84 Å². The van der Waals surface area contributed by atoms with Gasteiger partial charge in [0.05, 0.1) is 19.3 Å². The van der Waals surface area contributed by atoms with Gasteiger partial charge in [-0.3, -0.25) is 0 Å². The maximum Gasteiger partial charge on any atom is 0.492 e. The lowest BCUT2D eigenvalue weighted by Gasteiger charge is -2.40. The molecule has 7 heteroatoms. The van der Waals surface area contributed by atoms with Crippen LogP contribution in [0.25, 0.3) is 0 Å². The van der Waals surface area contributed by atoms with Crippen LogP contribution in [0.4, 0.5) is 12.9 Å². The van der Waals surface area contributed by atoms with Gasteiger partial charge in [0.15, 0.2) is 0 Å². The largest absolute Gasteiger partial charge is 0.492 e. The molecule has 1 fully saturated rings. The maximum absolute atomic E-state index is 12.2. The molecule has 1 N–H and O–H groups in total. The Morgan fingerprint density at radius 3 is 2.64 bits per heavy atom. The first-order chi connectivity index (χ1) is 6.42. The van der Waals surface area contributed by atoms with Crippen molar-refractivity contribution in [1.82, 2.24) is 4.90 Å². The van der Waals surface area contributed by atoms with Crippen molar-refractivity contribution in [1.29, 1.82) is 0 Å². The maximum atomic E-state index is 12.2. The number of halogens is 3. The third-order valence-electron chi connectivity index (χ3n) is 2.28. The second-order valence-electron chi connectivity index (χ2n) is 3.65. The molecule has 0 amide bonds. The van der Waals surface area contributed by atoms with E-state index in [9.17, 15) is 12.9 Å². The van der Waals surface area contributed by atoms with Crippen LogP contribution in [0.5, 0.6) is 0 Å². The Bertz CT molecular complexity index is 190. The monoisotopic (exact) mass is 212 g/mol. The van der Waals surface area contributed by atoms with Crippen molar-refractivity contribution in [2.75, 3.05) is 26.2 Å². The summed E-state index contributed by atoms with van der Waals surface area (Å²) in [6.45, 7) is -2.94. The van der Waals surface area contributed by atoms with Crippen molar-refractivity contribution in [2.45, 2.75) is 19.1 Å². The number of aliphatic hydroxyl groups excluding tert-OH is 1. The van der Waals surface area contributed by atoms with E-state index in [1.54, 1.807) is 6.92 Å². The highest BCUT2D eigenvalue weighted by molar-refractivity contribution is 6.58. The first kappa shape index (κ1) is 11.8. The Balaban J connectivity index is 2.48. The zero-order valence-electron chi connectivity index (χ0n) is 8.00. The normalized spacial score (nSPS) is 30.6. The molecule has 0 aromatic rings. The Morgan fingerprint density at radius 2 is 2.14 bits per heavy atom. The van der Waals surface area contributed by atoms with Crippen LogP contribution >= 0.6 is 0 Å². The number of morpholine rings is 1. The predicted molar refractivity (Wildman–Crippen MR) is 46.9 cm³/mol. The van der Waals surface area contributed by atoms with Crippen LogP contribution in [0.2, 0.25) is 0 Å². The molecule has 0 spiro atoms. The van der Waals surface area contributed by atoms with E-state index in [0.29, 0.717) is 0 Å². The average molecular weight is 212 g/mol. The lowest BCUT2D eigenvalue weighted by molar-refractivity contribution is -0.0743. The first-order valence-electron chi connectivity index (χ1n) is 4.60. The Morgan fingerprint density at radius 1 is 1.50 bits per heavy atom. The quantitative estimate of drug-likeness (QED) is 0.689. The van der Waals surface area contributed by atoms with Crippen molar-refractivity contribution < 1.29 is 22.8 Å². The topological polar surface area (TPSA) is 32.7 Å². The summed E-state index contributed by atoms with van der Waals surface area (Å²) in [5, 5.41) is 8.77. The molecule has 1 aliphatic rings. The van der Waals surface area contributed by atoms with Crippen LogP contribution in [0, 0.1) is 0 Å². The highest BCUT2D eigenvalue weighted by Gasteiger charge is 2.32. The Hall–Kier alpha value is -0.265. The molecular weight excluding hydrogens is 198 g/mol. The molecule has 1 saturated heterocycles. The third kappa shape index (κ3) is 3.47. The zero-order chi connectivity index (χ0) is 10.8. The predicted octanol–water partition coefficient (Wildman–Crippen LogP) is 0.455. The van der Waals surface area contributed by atoms with Gasteiger partial charge in [-0.05, 0) is 13.4 Å². The van der Waals surface area contributed by atoms with Crippen LogP contribution in [-0.4, -0.2) is 55.3 Å². The Kier molecular flexibility index (Phi) is 3.80. The minimum Gasteiger partial charge on any atom is -0.448 e. The number of aliphatic hydroxyl groups is 1. The fourth-order valence-corrected chi connectivity index (χ4v) is 1.51. The van der Waals surface area contributed by atoms with Crippen LogP contribution in [0.1, 0.15) is 6.92 Å². The van der Waals surface area contributed by atoms with Gasteiger partial charge in [0.25, 0.3) is 0 Å². The van der Waals surface area contributed by atoms with Crippen molar-refractivity contribution in [3.63, 3.8) is 0 Å². The number of ether oxygens (including phenoxy) is 1. The van der Waals surface area contributed by atoms with Crippen LogP contribution in [-0.2, 0) is 4.74 Å². The highest BCUT2D eigenvalue weighted by atomic mass is 19.4. The van der Waals surface area contributed by atoms with Gasteiger partial charge in [0, 0.05) is 12.6 Å². The van der Waals surface area contributed by atoms with Gasteiger partial charge in [-0.2, -0.15) is 0 Å². The summed E-state index contributed by atoms with van der Waals surface area (Å²) < 4.78 is 41.6. The summed E-state index contributed by atoms with van der Waals surface area (Å²) in [6.07, 6.45) is -1.36.